The van der Waals surface area contributed by atoms with Crippen LogP contribution in [0.25, 0.3) is 0 Å². The topological polar surface area (TPSA) is 46.9 Å². The molecule has 0 aliphatic rings. The van der Waals surface area contributed by atoms with Crippen LogP contribution in [0.3, 0.4) is 0 Å². The summed E-state index contributed by atoms with van der Waals surface area (Å²) in [5.41, 5.74) is 2.71. The number of aromatic nitrogens is 2. The summed E-state index contributed by atoms with van der Waals surface area (Å²) in [4.78, 5) is 12.1. The fraction of sp³-hybridized carbons (Fsp3) is 0.286. The number of hydrogen-bond donors (Lipinski definition) is 1. The maximum atomic E-state index is 12.1. The van der Waals surface area contributed by atoms with Gasteiger partial charge in [0.15, 0.2) is 0 Å². The summed E-state index contributed by atoms with van der Waals surface area (Å²) in [6.07, 6.45) is 0. The van der Waals surface area contributed by atoms with Gasteiger partial charge in [0.05, 0.1) is 5.69 Å². The normalized spacial score (nSPS) is 12.2. The Hall–Kier alpha value is -2.10. The molecule has 1 aromatic carbocycles. The molecule has 1 amide bonds. The van der Waals surface area contributed by atoms with E-state index in [4.69, 9.17) is 0 Å². The third kappa shape index (κ3) is 2.59. The third-order valence-corrected chi connectivity index (χ3v) is 2.83. The predicted octanol–water partition coefficient (Wildman–Crippen LogP) is 2.70. The fourth-order valence-corrected chi connectivity index (χ4v) is 1.92. The van der Waals surface area contributed by atoms with Gasteiger partial charge in [0.2, 0.25) is 5.91 Å². The summed E-state index contributed by atoms with van der Waals surface area (Å²) in [6.45, 7) is 5.72. The van der Waals surface area contributed by atoms with E-state index in [0.29, 0.717) is 0 Å². The van der Waals surface area contributed by atoms with E-state index >= 15 is 0 Å². The minimum Gasteiger partial charge on any atom is -0.324 e. The molecule has 1 atom stereocenters. The van der Waals surface area contributed by atoms with Crippen molar-refractivity contribution < 1.29 is 4.79 Å². The molecule has 0 aliphatic heterocycles. The van der Waals surface area contributed by atoms with E-state index in [-0.39, 0.29) is 11.9 Å². The molecule has 0 bridgehead atoms. The second kappa shape index (κ2) is 5.04. The number of rotatable bonds is 3. The Morgan fingerprint density at radius 2 is 1.94 bits per heavy atom. The first-order chi connectivity index (χ1) is 8.58. The van der Waals surface area contributed by atoms with Crippen molar-refractivity contribution in [3.63, 3.8) is 0 Å². The largest absolute Gasteiger partial charge is 0.324 e. The van der Waals surface area contributed by atoms with E-state index in [9.17, 15) is 4.79 Å². The minimum absolute atomic E-state index is 0.0626. The quantitative estimate of drug-likeness (QED) is 0.901. The number of carbonyl (C=O) groups excluding carboxylic acids is 1. The number of benzene rings is 1. The maximum absolute atomic E-state index is 12.1. The van der Waals surface area contributed by atoms with Crippen molar-refractivity contribution in [2.75, 3.05) is 5.32 Å². The number of anilines is 1. The van der Waals surface area contributed by atoms with E-state index < -0.39 is 0 Å². The molecule has 2 rings (SSSR count). The van der Waals surface area contributed by atoms with Crippen LogP contribution in [0.2, 0.25) is 0 Å². The van der Waals surface area contributed by atoms with Crippen molar-refractivity contribution in [2.45, 2.75) is 26.8 Å². The summed E-state index contributed by atoms with van der Waals surface area (Å²) < 4.78 is 1.74. The number of para-hydroxylation sites is 1. The molecular weight excluding hydrogens is 226 g/mol. The molecule has 4 nitrogen and oxygen atoms in total. The molecule has 0 aliphatic carbocycles. The summed E-state index contributed by atoms with van der Waals surface area (Å²) in [6, 6.07) is 11.1. The minimum atomic E-state index is -0.320. The Labute approximate surface area is 107 Å². The average Bonchev–Trinajstić information content (AvgIpc) is 2.68. The number of hydrogen-bond acceptors (Lipinski definition) is 2. The summed E-state index contributed by atoms with van der Waals surface area (Å²) in [7, 11) is 0. The van der Waals surface area contributed by atoms with Crippen LogP contribution < -0.4 is 5.32 Å². The molecule has 18 heavy (non-hydrogen) atoms. The van der Waals surface area contributed by atoms with Gasteiger partial charge in [0, 0.05) is 11.4 Å². The van der Waals surface area contributed by atoms with Crippen LogP contribution in [0.5, 0.6) is 0 Å². The zero-order valence-corrected chi connectivity index (χ0v) is 10.8. The van der Waals surface area contributed by atoms with Gasteiger partial charge in [0.1, 0.15) is 6.04 Å². The van der Waals surface area contributed by atoms with Gasteiger partial charge >= 0.3 is 0 Å². The second-order valence-corrected chi connectivity index (χ2v) is 4.40. The lowest BCUT2D eigenvalue weighted by Gasteiger charge is -2.14. The number of aryl methyl sites for hydroxylation is 2. The predicted molar refractivity (Wildman–Crippen MR) is 71.5 cm³/mol. The first-order valence-electron chi connectivity index (χ1n) is 5.96. The molecule has 0 fully saturated rings. The van der Waals surface area contributed by atoms with Crippen LogP contribution >= 0.6 is 0 Å². The van der Waals surface area contributed by atoms with Gasteiger partial charge in [-0.15, -0.1) is 0 Å². The summed E-state index contributed by atoms with van der Waals surface area (Å²) in [5.74, 6) is -0.0626. The molecule has 1 N–H and O–H groups in total. The number of carbonyl (C=O) groups is 1. The monoisotopic (exact) mass is 243 g/mol. The zero-order valence-electron chi connectivity index (χ0n) is 10.8. The van der Waals surface area contributed by atoms with Crippen LogP contribution in [0.15, 0.2) is 36.4 Å². The van der Waals surface area contributed by atoms with Crippen LogP contribution in [0.1, 0.15) is 24.4 Å². The maximum Gasteiger partial charge on any atom is 0.248 e. The standard InChI is InChI=1S/C14H17N3O/c1-10-9-11(2)17(16-10)12(3)14(18)15-13-7-5-4-6-8-13/h4-9,12H,1-3H3,(H,15,18). The zero-order chi connectivity index (χ0) is 13.1. The van der Waals surface area contributed by atoms with Gasteiger partial charge in [-0.1, -0.05) is 18.2 Å². The molecule has 1 unspecified atom stereocenters. The van der Waals surface area contributed by atoms with Gasteiger partial charge in [-0.3, -0.25) is 9.48 Å². The Kier molecular flexibility index (Phi) is 3.46. The highest BCUT2D eigenvalue weighted by Crippen LogP contribution is 2.14. The fourth-order valence-electron chi connectivity index (χ4n) is 1.92. The lowest BCUT2D eigenvalue weighted by molar-refractivity contribution is -0.119. The molecule has 4 heteroatoms. The van der Waals surface area contributed by atoms with E-state index in [1.165, 1.54) is 0 Å². The van der Waals surface area contributed by atoms with Crippen molar-refractivity contribution in [1.29, 1.82) is 0 Å². The molecular formula is C14H17N3O. The lowest BCUT2D eigenvalue weighted by atomic mass is 10.2. The Bertz CT molecular complexity index is 545. The van der Waals surface area contributed by atoms with Crippen molar-refractivity contribution in [3.05, 3.63) is 47.8 Å². The van der Waals surface area contributed by atoms with Gasteiger partial charge in [0.25, 0.3) is 0 Å². The highest BCUT2D eigenvalue weighted by molar-refractivity contribution is 5.93. The summed E-state index contributed by atoms with van der Waals surface area (Å²) >= 11 is 0. The third-order valence-electron chi connectivity index (χ3n) is 2.83. The highest BCUT2D eigenvalue weighted by atomic mass is 16.2. The first-order valence-corrected chi connectivity index (χ1v) is 5.96. The smallest absolute Gasteiger partial charge is 0.248 e. The first kappa shape index (κ1) is 12.4. The van der Waals surface area contributed by atoms with Gasteiger partial charge in [-0.2, -0.15) is 5.10 Å². The van der Waals surface area contributed by atoms with Crippen molar-refractivity contribution in [1.82, 2.24) is 9.78 Å². The SMILES string of the molecule is Cc1cc(C)n(C(C)C(=O)Nc2ccccc2)n1. The molecule has 1 heterocycles. The molecule has 0 radical (unpaired) electrons. The number of nitrogens with zero attached hydrogens (tertiary/aromatic N) is 2. The van der Waals surface area contributed by atoms with Gasteiger partial charge in [-0.05, 0) is 39.0 Å². The lowest BCUT2D eigenvalue weighted by Crippen LogP contribution is -2.25. The molecule has 0 saturated carbocycles. The molecule has 1 aromatic heterocycles. The van der Waals surface area contributed by atoms with Crippen LogP contribution in [-0.2, 0) is 4.79 Å². The number of amides is 1. The Balaban J connectivity index is 2.12. The van der Waals surface area contributed by atoms with E-state index in [0.717, 1.165) is 17.1 Å². The Morgan fingerprint density at radius 3 is 2.50 bits per heavy atom. The summed E-state index contributed by atoms with van der Waals surface area (Å²) in [5, 5.41) is 7.21. The number of nitrogens with one attached hydrogen (secondary N) is 1. The van der Waals surface area contributed by atoms with Gasteiger partial charge < -0.3 is 5.32 Å². The Morgan fingerprint density at radius 1 is 1.28 bits per heavy atom. The van der Waals surface area contributed by atoms with Crippen molar-refractivity contribution in [3.8, 4) is 0 Å². The average molecular weight is 243 g/mol. The van der Waals surface area contributed by atoms with Gasteiger partial charge in [-0.25, -0.2) is 0 Å². The highest BCUT2D eigenvalue weighted by Gasteiger charge is 2.17. The molecule has 94 valence electrons. The van der Waals surface area contributed by atoms with Crippen molar-refractivity contribution >= 4 is 11.6 Å². The molecule has 0 saturated heterocycles. The second-order valence-electron chi connectivity index (χ2n) is 4.40. The van der Waals surface area contributed by atoms with E-state index in [2.05, 4.69) is 10.4 Å². The van der Waals surface area contributed by atoms with E-state index in [1.54, 1.807) is 4.68 Å². The van der Waals surface area contributed by atoms with Crippen molar-refractivity contribution in [2.24, 2.45) is 0 Å². The van der Waals surface area contributed by atoms with E-state index in [1.807, 2.05) is 57.2 Å². The van der Waals surface area contributed by atoms with Crippen LogP contribution in [0, 0.1) is 13.8 Å². The molecule has 2 aromatic rings. The van der Waals surface area contributed by atoms with Crippen LogP contribution in [-0.4, -0.2) is 15.7 Å². The molecule has 0 spiro atoms. The van der Waals surface area contributed by atoms with Crippen LogP contribution in [0.4, 0.5) is 5.69 Å².